The van der Waals surface area contributed by atoms with Gasteiger partial charge in [0.1, 0.15) is 18.2 Å². The lowest BCUT2D eigenvalue weighted by Crippen LogP contribution is -2.08. The molecule has 0 aliphatic carbocycles. The third kappa shape index (κ3) is 4.05. The second-order valence-electron chi connectivity index (χ2n) is 4.71. The summed E-state index contributed by atoms with van der Waals surface area (Å²) in [4.78, 5) is 0. The van der Waals surface area contributed by atoms with Gasteiger partial charge in [-0.05, 0) is 43.8 Å². The van der Waals surface area contributed by atoms with Crippen LogP contribution in [-0.2, 0) is 13.2 Å². The zero-order chi connectivity index (χ0) is 14.5. The van der Waals surface area contributed by atoms with E-state index < -0.39 is 0 Å². The average Bonchev–Trinajstić information content (AvgIpc) is 2.37. The van der Waals surface area contributed by atoms with Crippen LogP contribution in [0.15, 0.2) is 40.9 Å². The molecule has 2 aromatic carbocycles. The summed E-state index contributed by atoms with van der Waals surface area (Å²) in [5, 5.41) is 3.12. The maximum Gasteiger partial charge on any atom is 0.124 e. The van der Waals surface area contributed by atoms with Gasteiger partial charge in [-0.3, -0.25) is 0 Å². The van der Waals surface area contributed by atoms with Crippen molar-refractivity contribution in [1.82, 2.24) is 5.32 Å². The van der Waals surface area contributed by atoms with Crippen LogP contribution in [0.1, 0.15) is 16.7 Å². The third-order valence-electron chi connectivity index (χ3n) is 2.90. The van der Waals surface area contributed by atoms with Gasteiger partial charge < -0.3 is 10.1 Å². The Hall–Kier alpha value is -1.39. The van der Waals surface area contributed by atoms with E-state index in [9.17, 15) is 4.39 Å². The van der Waals surface area contributed by atoms with Gasteiger partial charge in [0.2, 0.25) is 0 Å². The van der Waals surface area contributed by atoms with Gasteiger partial charge in [-0.25, -0.2) is 4.39 Å². The standard InChI is InChI=1S/C16H17BrFNO/c1-11-3-4-16(13(5-11)9-19-2)20-10-12-6-14(17)8-15(18)7-12/h3-8,19H,9-10H2,1-2H3. The van der Waals surface area contributed by atoms with Gasteiger partial charge in [-0.2, -0.15) is 0 Å². The molecule has 0 unspecified atom stereocenters. The molecule has 0 saturated carbocycles. The van der Waals surface area contributed by atoms with E-state index in [0.29, 0.717) is 6.61 Å². The van der Waals surface area contributed by atoms with Crippen molar-refractivity contribution in [3.8, 4) is 5.75 Å². The summed E-state index contributed by atoms with van der Waals surface area (Å²) in [6.45, 7) is 3.13. The molecular formula is C16H17BrFNO. The Kier molecular flexibility index (Phi) is 5.15. The van der Waals surface area contributed by atoms with E-state index in [2.05, 4.69) is 27.3 Å². The topological polar surface area (TPSA) is 21.3 Å². The van der Waals surface area contributed by atoms with Crippen LogP contribution in [0.5, 0.6) is 5.75 Å². The van der Waals surface area contributed by atoms with Crippen molar-refractivity contribution in [2.24, 2.45) is 0 Å². The number of aryl methyl sites for hydroxylation is 1. The Morgan fingerprint density at radius 3 is 2.70 bits per heavy atom. The van der Waals surface area contributed by atoms with Gasteiger partial charge in [0.25, 0.3) is 0 Å². The van der Waals surface area contributed by atoms with Crippen LogP contribution < -0.4 is 10.1 Å². The lowest BCUT2D eigenvalue weighted by atomic mass is 10.1. The van der Waals surface area contributed by atoms with Crippen LogP contribution in [-0.4, -0.2) is 7.05 Å². The maximum absolute atomic E-state index is 13.3. The first-order valence-corrected chi connectivity index (χ1v) is 7.19. The highest BCUT2D eigenvalue weighted by Gasteiger charge is 2.05. The highest BCUT2D eigenvalue weighted by molar-refractivity contribution is 9.10. The molecule has 4 heteroatoms. The minimum atomic E-state index is -0.266. The van der Waals surface area contributed by atoms with E-state index in [0.717, 1.165) is 27.9 Å². The maximum atomic E-state index is 13.3. The Labute approximate surface area is 127 Å². The molecule has 0 bridgehead atoms. The predicted molar refractivity (Wildman–Crippen MR) is 82.4 cm³/mol. The van der Waals surface area contributed by atoms with Crippen molar-refractivity contribution in [2.45, 2.75) is 20.1 Å². The van der Waals surface area contributed by atoms with E-state index >= 15 is 0 Å². The number of hydrogen-bond acceptors (Lipinski definition) is 2. The molecule has 0 radical (unpaired) electrons. The molecule has 20 heavy (non-hydrogen) atoms. The minimum Gasteiger partial charge on any atom is -0.489 e. The molecule has 0 aliphatic rings. The van der Waals surface area contributed by atoms with Gasteiger partial charge >= 0.3 is 0 Å². The van der Waals surface area contributed by atoms with Crippen LogP contribution in [0.2, 0.25) is 0 Å². The summed E-state index contributed by atoms with van der Waals surface area (Å²) in [5.41, 5.74) is 3.09. The lowest BCUT2D eigenvalue weighted by Gasteiger charge is -2.12. The van der Waals surface area contributed by atoms with Gasteiger partial charge in [0.15, 0.2) is 0 Å². The van der Waals surface area contributed by atoms with Crippen molar-refractivity contribution in [3.63, 3.8) is 0 Å². The molecule has 0 heterocycles. The highest BCUT2D eigenvalue weighted by Crippen LogP contribution is 2.22. The Bertz CT molecular complexity index is 581. The SMILES string of the molecule is CNCc1cc(C)ccc1OCc1cc(F)cc(Br)c1. The molecule has 2 rings (SSSR count). The number of nitrogens with one attached hydrogen (secondary N) is 1. The largest absolute Gasteiger partial charge is 0.489 e. The summed E-state index contributed by atoms with van der Waals surface area (Å²) in [7, 11) is 1.90. The molecule has 2 nitrogen and oxygen atoms in total. The van der Waals surface area contributed by atoms with Crippen LogP contribution in [0.4, 0.5) is 4.39 Å². The van der Waals surface area contributed by atoms with Crippen LogP contribution in [0, 0.1) is 12.7 Å². The highest BCUT2D eigenvalue weighted by atomic mass is 79.9. The van der Waals surface area contributed by atoms with Crippen molar-refractivity contribution in [3.05, 3.63) is 63.4 Å². The number of hydrogen-bond donors (Lipinski definition) is 1. The molecular weight excluding hydrogens is 321 g/mol. The van der Waals surface area contributed by atoms with Crippen molar-refractivity contribution in [2.75, 3.05) is 7.05 Å². The summed E-state index contributed by atoms with van der Waals surface area (Å²) in [5.74, 6) is 0.558. The normalized spacial score (nSPS) is 10.6. The summed E-state index contributed by atoms with van der Waals surface area (Å²) in [6.07, 6.45) is 0. The van der Waals surface area contributed by atoms with E-state index in [1.807, 2.05) is 32.2 Å². The Balaban J connectivity index is 2.13. The summed E-state index contributed by atoms with van der Waals surface area (Å²) < 4.78 is 19.8. The quantitative estimate of drug-likeness (QED) is 0.882. The fourth-order valence-corrected chi connectivity index (χ4v) is 2.55. The van der Waals surface area contributed by atoms with Crippen LogP contribution >= 0.6 is 15.9 Å². The van der Waals surface area contributed by atoms with Gasteiger partial charge in [0, 0.05) is 16.6 Å². The van der Waals surface area contributed by atoms with Crippen LogP contribution in [0.3, 0.4) is 0 Å². The average molecular weight is 338 g/mol. The minimum absolute atomic E-state index is 0.266. The number of halogens is 2. The van der Waals surface area contributed by atoms with Gasteiger partial charge in [-0.1, -0.05) is 33.6 Å². The number of benzene rings is 2. The molecule has 0 fully saturated rings. The fourth-order valence-electron chi connectivity index (χ4n) is 2.03. The molecule has 0 atom stereocenters. The summed E-state index contributed by atoms with van der Waals surface area (Å²) in [6, 6.07) is 10.8. The first-order chi connectivity index (χ1) is 9.58. The Morgan fingerprint density at radius 1 is 1.20 bits per heavy atom. The fraction of sp³-hybridized carbons (Fsp3) is 0.250. The second kappa shape index (κ2) is 6.86. The molecule has 1 N–H and O–H groups in total. The van der Waals surface area contributed by atoms with Crippen molar-refractivity contribution in [1.29, 1.82) is 0 Å². The molecule has 0 saturated heterocycles. The first kappa shape index (κ1) is 15.0. The van der Waals surface area contributed by atoms with E-state index in [1.165, 1.54) is 17.7 Å². The number of rotatable bonds is 5. The monoisotopic (exact) mass is 337 g/mol. The lowest BCUT2D eigenvalue weighted by molar-refractivity contribution is 0.301. The van der Waals surface area contributed by atoms with Gasteiger partial charge in [0.05, 0.1) is 0 Å². The molecule has 106 valence electrons. The molecule has 0 aliphatic heterocycles. The first-order valence-electron chi connectivity index (χ1n) is 6.40. The summed E-state index contributed by atoms with van der Waals surface area (Å²) >= 11 is 3.28. The smallest absolute Gasteiger partial charge is 0.124 e. The van der Waals surface area contributed by atoms with E-state index in [-0.39, 0.29) is 5.82 Å². The third-order valence-corrected chi connectivity index (χ3v) is 3.36. The second-order valence-corrected chi connectivity index (χ2v) is 5.62. The molecule has 0 amide bonds. The van der Waals surface area contributed by atoms with Crippen LogP contribution in [0.25, 0.3) is 0 Å². The van der Waals surface area contributed by atoms with Crippen molar-refractivity contribution >= 4 is 15.9 Å². The molecule has 0 aromatic heterocycles. The Morgan fingerprint density at radius 2 is 2.00 bits per heavy atom. The van der Waals surface area contributed by atoms with E-state index in [1.54, 1.807) is 0 Å². The molecule has 0 spiro atoms. The van der Waals surface area contributed by atoms with Gasteiger partial charge in [-0.15, -0.1) is 0 Å². The zero-order valence-corrected chi connectivity index (χ0v) is 13.1. The van der Waals surface area contributed by atoms with Crippen molar-refractivity contribution < 1.29 is 9.13 Å². The zero-order valence-electron chi connectivity index (χ0n) is 11.5. The molecule has 2 aromatic rings. The van der Waals surface area contributed by atoms with E-state index in [4.69, 9.17) is 4.74 Å². The number of ether oxygens (including phenoxy) is 1. The predicted octanol–water partition coefficient (Wildman–Crippen LogP) is 4.20.